The van der Waals surface area contributed by atoms with E-state index >= 15 is 0 Å². The molecule has 132 valence electrons. The zero-order valence-electron chi connectivity index (χ0n) is 15.2. The summed E-state index contributed by atoms with van der Waals surface area (Å²) < 4.78 is 1.84. The number of aromatic nitrogens is 2. The van der Waals surface area contributed by atoms with E-state index in [-0.39, 0.29) is 5.92 Å². The van der Waals surface area contributed by atoms with Crippen LogP contribution in [0.15, 0.2) is 12.4 Å². The zero-order chi connectivity index (χ0) is 16.8. The van der Waals surface area contributed by atoms with Crippen LogP contribution in [0, 0.1) is 5.92 Å². The van der Waals surface area contributed by atoms with Crippen LogP contribution in [0.2, 0.25) is 0 Å². The molecular weight excluding hydrogens is 300 g/mol. The first-order valence-electron chi connectivity index (χ1n) is 9.59. The molecule has 0 radical (unpaired) electrons. The molecule has 24 heavy (non-hydrogen) atoms. The molecule has 1 aliphatic carbocycles. The second-order valence-electron chi connectivity index (χ2n) is 8.20. The molecule has 3 heterocycles. The van der Waals surface area contributed by atoms with Gasteiger partial charge in [-0.1, -0.05) is 0 Å². The second-order valence-corrected chi connectivity index (χ2v) is 8.20. The van der Waals surface area contributed by atoms with E-state index in [9.17, 15) is 4.79 Å². The Morgan fingerprint density at radius 2 is 1.96 bits per heavy atom. The van der Waals surface area contributed by atoms with Crippen LogP contribution in [-0.2, 0) is 11.8 Å². The predicted molar refractivity (Wildman–Crippen MR) is 93.7 cm³/mol. The van der Waals surface area contributed by atoms with Crippen molar-refractivity contribution in [2.24, 2.45) is 13.0 Å². The Balaban J connectivity index is 1.39. The quantitative estimate of drug-likeness (QED) is 0.854. The summed E-state index contributed by atoms with van der Waals surface area (Å²) in [5.41, 5.74) is 1.23. The largest absolute Gasteiger partial charge is 0.341 e. The van der Waals surface area contributed by atoms with Crippen LogP contribution < -0.4 is 0 Å². The highest BCUT2D eigenvalue weighted by Crippen LogP contribution is 2.48. The highest BCUT2D eigenvalue weighted by molar-refractivity contribution is 5.83. The molecule has 3 fully saturated rings. The van der Waals surface area contributed by atoms with Crippen molar-refractivity contribution in [2.75, 3.05) is 13.1 Å². The minimum absolute atomic E-state index is 0.196. The lowest BCUT2D eigenvalue weighted by atomic mass is 10.0. The van der Waals surface area contributed by atoms with Gasteiger partial charge in [-0.15, -0.1) is 0 Å². The van der Waals surface area contributed by atoms with Gasteiger partial charge in [0, 0.05) is 50.4 Å². The number of piperidine rings is 1. The molecule has 1 aromatic heterocycles. The fourth-order valence-corrected chi connectivity index (χ4v) is 5.04. The molecule has 0 N–H and O–H groups in total. The van der Waals surface area contributed by atoms with Crippen molar-refractivity contribution in [1.82, 2.24) is 19.6 Å². The van der Waals surface area contributed by atoms with Gasteiger partial charge in [0.15, 0.2) is 0 Å². The maximum Gasteiger partial charge on any atom is 0.226 e. The summed E-state index contributed by atoms with van der Waals surface area (Å²) in [5, 5.41) is 4.25. The molecule has 2 aliphatic heterocycles. The average Bonchev–Trinajstić information content (AvgIpc) is 3.15. The summed E-state index contributed by atoms with van der Waals surface area (Å²) in [5.74, 6) is 0.977. The van der Waals surface area contributed by atoms with Gasteiger partial charge < -0.3 is 4.90 Å². The first kappa shape index (κ1) is 16.1. The van der Waals surface area contributed by atoms with Crippen LogP contribution in [0.1, 0.15) is 57.4 Å². The van der Waals surface area contributed by atoms with E-state index in [0.717, 1.165) is 25.9 Å². The minimum Gasteiger partial charge on any atom is -0.341 e. The van der Waals surface area contributed by atoms with Gasteiger partial charge in [-0.3, -0.25) is 14.4 Å². The summed E-state index contributed by atoms with van der Waals surface area (Å²) in [6, 6.07) is 1.90. The lowest BCUT2D eigenvalue weighted by Gasteiger charge is -2.41. The number of carbonyl (C=O) groups is 1. The maximum absolute atomic E-state index is 13.0. The molecule has 3 aliphatic rings. The first-order valence-corrected chi connectivity index (χ1v) is 9.59. The van der Waals surface area contributed by atoms with Crippen molar-refractivity contribution in [1.29, 1.82) is 0 Å². The van der Waals surface area contributed by atoms with Crippen molar-refractivity contribution in [2.45, 2.75) is 70.0 Å². The number of aryl methyl sites for hydroxylation is 1. The minimum atomic E-state index is 0.196. The molecule has 0 bridgehead atoms. The molecule has 4 rings (SSSR count). The van der Waals surface area contributed by atoms with Crippen molar-refractivity contribution >= 4 is 5.91 Å². The molecular formula is C19H30N4O. The third kappa shape index (κ3) is 2.87. The Kier molecular flexibility index (Phi) is 4.15. The lowest BCUT2D eigenvalue weighted by Crippen LogP contribution is -2.52. The van der Waals surface area contributed by atoms with Crippen LogP contribution in [0.4, 0.5) is 0 Å². The highest BCUT2D eigenvalue weighted by Gasteiger charge is 2.47. The second kappa shape index (κ2) is 6.17. The van der Waals surface area contributed by atoms with E-state index in [1.54, 1.807) is 0 Å². The van der Waals surface area contributed by atoms with Crippen LogP contribution >= 0.6 is 0 Å². The zero-order valence-corrected chi connectivity index (χ0v) is 15.2. The van der Waals surface area contributed by atoms with Crippen molar-refractivity contribution in [3.05, 3.63) is 18.0 Å². The Morgan fingerprint density at radius 3 is 2.62 bits per heavy atom. The van der Waals surface area contributed by atoms with Crippen molar-refractivity contribution in [3.63, 3.8) is 0 Å². The van der Waals surface area contributed by atoms with Crippen LogP contribution in [-0.4, -0.2) is 56.7 Å². The number of carbonyl (C=O) groups excluding carboxylic acids is 1. The van der Waals surface area contributed by atoms with Gasteiger partial charge in [-0.25, -0.2) is 0 Å². The summed E-state index contributed by atoms with van der Waals surface area (Å²) in [7, 11) is 1.94. The number of hydrogen-bond donors (Lipinski definition) is 0. The summed E-state index contributed by atoms with van der Waals surface area (Å²) in [6.07, 6.45) is 9.98. The number of amides is 1. The van der Waals surface area contributed by atoms with Crippen LogP contribution in [0.25, 0.3) is 0 Å². The summed E-state index contributed by atoms with van der Waals surface area (Å²) in [6.45, 7) is 6.58. The Morgan fingerprint density at radius 1 is 1.21 bits per heavy atom. The van der Waals surface area contributed by atoms with Gasteiger partial charge in [0.05, 0.1) is 6.20 Å². The molecule has 0 spiro atoms. The lowest BCUT2D eigenvalue weighted by molar-refractivity contribution is -0.135. The number of rotatable bonds is 3. The molecule has 5 nitrogen and oxygen atoms in total. The average molecular weight is 330 g/mol. The van der Waals surface area contributed by atoms with Gasteiger partial charge in [-0.05, 0) is 57.4 Å². The Hall–Kier alpha value is -1.36. The van der Waals surface area contributed by atoms with Gasteiger partial charge >= 0.3 is 0 Å². The van der Waals surface area contributed by atoms with E-state index in [2.05, 4.69) is 34.9 Å². The van der Waals surface area contributed by atoms with Gasteiger partial charge in [0.25, 0.3) is 0 Å². The van der Waals surface area contributed by atoms with Crippen molar-refractivity contribution < 1.29 is 4.79 Å². The highest BCUT2D eigenvalue weighted by atomic mass is 16.2. The third-order valence-corrected chi connectivity index (χ3v) is 6.41. The number of likely N-dealkylation sites (tertiary alicyclic amines) is 2. The Labute approximate surface area is 145 Å². The first-order chi connectivity index (χ1) is 11.5. The van der Waals surface area contributed by atoms with E-state index in [1.165, 1.54) is 24.8 Å². The SMILES string of the molecule is C[C@@H]1CC[C@H](C)N1[C@@H]1CCCN(C(=O)[C@H]2C[C@@H]2c2cnn(C)c2)C1. The normalized spacial score (nSPS) is 37.0. The van der Waals surface area contributed by atoms with E-state index < -0.39 is 0 Å². The summed E-state index contributed by atoms with van der Waals surface area (Å²) >= 11 is 0. The van der Waals surface area contributed by atoms with Gasteiger partial charge in [-0.2, -0.15) is 5.10 Å². The molecule has 2 saturated heterocycles. The third-order valence-electron chi connectivity index (χ3n) is 6.41. The standard InChI is InChI=1S/C19H30N4O/c1-13-6-7-14(2)23(13)16-5-4-8-22(12-16)19(24)18-9-17(18)15-10-20-21(3)11-15/h10-11,13-14,16-18H,4-9,12H2,1-3H3/t13-,14+,16-,17-,18+/m1/s1. The molecule has 1 aromatic rings. The fraction of sp³-hybridized carbons (Fsp3) is 0.789. The van der Waals surface area contributed by atoms with Crippen molar-refractivity contribution in [3.8, 4) is 0 Å². The van der Waals surface area contributed by atoms with E-state index in [1.807, 2.05) is 17.9 Å². The van der Waals surface area contributed by atoms with Crippen LogP contribution in [0.3, 0.4) is 0 Å². The smallest absolute Gasteiger partial charge is 0.226 e. The van der Waals surface area contributed by atoms with E-state index in [0.29, 0.717) is 30.0 Å². The maximum atomic E-state index is 13.0. The fourth-order valence-electron chi connectivity index (χ4n) is 5.04. The predicted octanol–water partition coefficient (Wildman–Crippen LogP) is 2.39. The Bertz CT molecular complexity index is 602. The summed E-state index contributed by atoms with van der Waals surface area (Å²) in [4.78, 5) is 17.8. The van der Waals surface area contributed by atoms with Crippen LogP contribution in [0.5, 0.6) is 0 Å². The number of hydrogen-bond acceptors (Lipinski definition) is 3. The van der Waals surface area contributed by atoms with Gasteiger partial charge in [0.1, 0.15) is 0 Å². The monoisotopic (exact) mass is 330 g/mol. The molecule has 5 heteroatoms. The molecule has 0 aromatic carbocycles. The number of nitrogens with zero attached hydrogens (tertiary/aromatic N) is 4. The molecule has 1 saturated carbocycles. The molecule has 5 atom stereocenters. The molecule has 0 unspecified atom stereocenters. The topological polar surface area (TPSA) is 41.4 Å². The van der Waals surface area contributed by atoms with Gasteiger partial charge in [0.2, 0.25) is 5.91 Å². The molecule has 1 amide bonds. The van der Waals surface area contributed by atoms with E-state index in [4.69, 9.17) is 0 Å².